The molecule has 0 spiro atoms. The van der Waals surface area contributed by atoms with Crippen LogP contribution in [-0.2, 0) is 19.2 Å². The number of carbonyl (C=O) groups is 4. The smallest absolute Gasteiger partial charge is 0.433 e. The van der Waals surface area contributed by atoms with Crippen LogP contribution in [0.25, 0.3) is 0 Å². The highest BCUT2D eigenvalue weighted by Crippen LogP contribution is 2.22. The SMILES string of the molecule is CCCCCOC(=O)CCNC(=O)NC1CCN(c2ccc(C(N)=NOC(=O)NCCN(C)C)cc2)C1=O. The van der Waals surface area contributed by atoms with Gasteiger partial charge in [0.1, 0.15) is 6.04 Å². The van der Waals surface area contributed by atoms with Crippen molar-refractivity contribution in [2.45, 2.75) is 45.1 Å². The Kier molecular flexibility index (Phi) is 12.8. The van der Waals surface area contributed by atoms with Crippen molar-refractivity contribution in [3.63, 3.8) is 0 Å². The number of oxime groups is 1. The lowest BCUT2D eigenvalue weighted by atomic mass is 10.2. The third-order valence-electron chi connectivity index (χ3n) is 5.67. The van der Waals surface area contributed by atoms with E-state index in [0.717, 1.165) is 19.3 Å². The Morgan fingerprint density at radius 3 is 2.55 bits per heavy atom. The zero-order chi connectivity index (χ0) is 27.9. The van der Waals surface area contributed by atoms with Gasteiger partial charge in [0.2, 0.25) is 5.91 Å². The number of rotatable bonds is 14. The second kappa shape index (κ2) is 16.1. The van der Waals surface area contributed by atoms with Gasteiger partial charge in [-0.15, -0.1) is 0 Å². The molecule has 13 nitrogen and oxygen atoms in total. The Morgan fingerprint density at radius 2 is 1.87 bits per heavy atom. The van der Waals surface area contributed by atoms with Gasteiger partial charge in [0.15, 0.2) is 5.84 Å². The highest BCUT2D eigenvalue weighted by molar-refractivity contribution is 6.02. The number of unbranched alkanes of at least 4 members (excludes halogenated alkanes) is 2. The topological polar surface area (TPSA) is 168 Å². The number of hydrogen-bond acceptors (Lipinski definition) is 8. The molecule has 210 valence electrons. The number of likely N-dealkylation sites (N-methyl/N-ethyl adjacent to an activating group) is 1. The normalized spacial score (nSPS) is 15.4. The van der Waals surface area contributed by atoms with Crippen LogP contribution in [0.1, 0.15) is 44.6 Å². The molecule has 1 heterocycles. The van der Waals surface area contributed by atoms with Gasteiger partial charge >= 0.3 is 18.1 Å². The molecule has 1 aliphatic heterocycles. The van der Waals surface area contributed by atoms with Gasteiger partial charge in [0.25, 0.3) is 0 Å². The number of benzene rings is 1. The molecule has 13 heteroatoms. The summed E-state index contributed by atoms with van der Waals surface area (Å²) in [6.45, 7) is 4.06. The number of hydrogen-bond donors (Lipinski definition) is 4. The van der Waals surface area contributed by atoms with Crippen LogP contribution in [0, 0.1) is 0 Å². The first-order valence-electron chi connectivity index (χ1n) is 12.8. The minimum absolute atomic E-state index is 0.00751. The van der Waals surface area contributed by atoms with E-state index >= 15 is 0 Å². The van der Waals surface area contributed by atoms with E-state index in [1.807, 2.05) is 19.0 Å². The second-order valence-electron chi connectivity index (χ2n) is 9.04. The zero-order valence-electron chi connectivity index (χ0n) is 22.3. The molecule has 1 unspecified atom stereocenters. The summed E-state index contributed by atoms with van der Waals surface area (Å²) in [7, 11) is 3.77. The first kappa shape index (κ1) is 30.4. The number of amidine groups is 1. The number of nitrogens with one attached hydrogen (secondary N) is 3. The van der Waals surface area contributed by atoms with Crippen molar-refractivity contribution in [1.82, 2.24) is 20.9 Å². The van der Waals surface area contributed by atoms with Crippen LogP contribution < -0.4 is 26.6 Å². The number of anilines is 1. The molecule has 2 rings (SSSR count). The molecule has 0 aliphatic carbocycles. The molecule has 1 aromatic carbocycles. The van der Waals surface area contributed by atoms with E-state index in [2.05, 4.69) is 28.0 Å². The van der Waals surface area contributed by atoms with Crippen LogP contribution in [-0.4, -0.2) is 87.7 Å². The number of amides is 4. The van der Waals surface area contributed by atoms with Gasteiger partial charge in [0, 0.05) is 37.4 Å². The average Bonchev–Trinajstić information content (AvgIpc) is 3.24. The van der Waals surface area contributed by atoms with Crippen molar-refractivity contribution in [1.29, 1.82) is 0 Å². The summed E-state index contributed by atoms with van der Waals surface area (Å²) in [6, 6.07) is 5.51. The summed E-state index contributed by atoms with van der Waals surface area (Å²) >= 11 is 0. The highest BCUT2D eigenvalue weighted by Gasteiger charge is 2.33. The molecule has 4 amide bonds. The molecule has 5 N–H and O–H groups in total. The summed E-state index contributed by atoms with van der Waals surface area (Å²) in [4.78, 5) is 56.6. The number of carbonyl (C=O) groups excluding carboxylic acids is 4. The average molecular weight is 534 g/mol. The number of nitrogens with zero attached hydrogens (tertiary/aromatic N) is 3. The maximum absolute atomic E-state index is 12.8. The van der Waals surface area contributed by atoms with Gasteiger partial charge in [-0.1, -0.05) is 24.9 Å². The van der Waals surface area contributed by atoms with Crippen LogP contribution in [0.3, 0.4) is 0 Å². The maximum atomic E-state index is 12.8. The fourth-order valence-corrected chi connectivity index (χ4v) is 3.54. The van der Waals surface area contributed by atoms with E-state index in [1.165, 1.54) is 0 Å². The largest absolute Gasteiger partial charge is 0.466 e. The fraction of sp³-hybridized carbons (Fsp3) is 0.560. The highest BCUT2D eigenvalue weighted by atomic mass is 16.7. The Morgan fingerprint density at radius 1 is 1.13 bits per heavy atom. The van der Waals surface area contributed by atoms with E-state index in [0.29, 0.717) is 43.9 Å². The summed E-state index contributed by atoms with van der Waals surface area (Å²) in [5, 5.41) is 11.4. The van der Waals surface area contributed by atoms with E-state index in [9.17, 15) is 19.2 Å². The van der Waals surface area contributed by atoms with Crippen molar-refractivity contribution in [3.8, 4) is 0 Å². The molecule has 0 bridgehead atoms. The van der Waals surface area contributed by atoms with Crippen LogP contribution in [0.2, 0.25) is 0 Å². The molecule has 1 saturated heterocycles. The Hall–Kier alpha value is -3.87. The minimum Gasteiger partial charge on any atom is -0.466 e. The monoisotopic (exact) mass is 533 g/mol. The molecule has 1 aliphatic rings. The molecule has 0 saturated carbocycles. The van der Waals surface area contributed by atoms with Crippen LogP contribution in [0.4, 0.5) is 15.3 Å². The van der Waals surface area contributed by atoms with Crippen molar-refractivity contribution in [3.05, 3.63) is 29.8 Å². The molecular formula is C25H39N7O6. The lowest BCUT2D eigenvalue weighted by molar-refractivity contribution is -0.143. The van der Waals surface area contributed by atoms with E-state index in [1.54, 1.807) is 29.2 Å². The lowest BCUT2D eigenvalue weighted by Crippen LogP contribution is -2.46. The number of ether oxygens (including phenoxy) is 1. The van der Waals surface area contributed by atoms with Crippen LogP contribution in [0.5, 0.6) is 0 Å². The lowest BCUT2D eigenvalue weighted by Gasteiger charge is -2.18. The van der Waals surface area contributed by atoms with Gasteiger partial charge in [0.05, 0.1) is 13.0 Å². The summed E-state index contributed by atoms with van der Waals surface area (Å²) in [5.74, 6) is -0.607. The first-order chi connectivity index (χ1) is 18.2. The molecule has 1 atom stereocenters. The third kappa shape index (κ3) is 10.6. The predicted octanol–water partition coefficient (Wildman–Crippen LogP) is 1.12. The Balaban J connectivity index is 1.76. The van der Waals surface area contributed by atoms with Crippen molar-refractivity contribution < 1.29 is 28.8 Å². The van der Waals surface area contributed by atoms with Gasteiger partial charge in [-0.3, -0.25) is 14.4 Å². The van der Waals surface area contributed by atoms with E-state index in [4.69, 9.17) is 15.3 Å². The van der Waals surface area contributed by atoms with Crippen molar-refractivity contribution in [2.24, 2.45) is 10.9 Å². The van der Waals surface area contributed by atoms with Crippen molar-refractivity contribution >= 4 is 35.5 Å². The molecule has 1 fully saturated rings. The third-order valence-corrected chi connectivity index (χ3v) is 5.67. The quantitative estimate of drug-likeness (QED) is 0.0689. The standard InChI is InChI=1S/C25H39N7O6/c1-4-5-6-17-37-21(33)11-13-27-24(35)29-20-12-15-32(23(20)34)19-9-7-18(8-10-19)22(26)30-38-25(36)28-14-16-31(2)3/h7-10,20H,4-6,11-17H2,1-3H3,(H2,26,30)(H,28,36)(H2,27,29,35). The summed E-state index contributed by atoms with van der Waals surface area (Å²) < 4.78 is 5.09. The first-order valence-corrected chi connectivity index (χ1v) is 12.8. The van der Waals surface area contributed by atoms with Gasteiger partial charge < -0.3 is 36.2 Å². The molecule has 0 aromatic heterocycles. The second-order valence-corrected chi connectivity index (χ2v) is 9.04. The summed E-state index contributed by atoms with van der Waals surface area (Å²) in [5.41, 5.74) is 7.04. The van der Waals surface area contributed by atoms with E-state index < -0.39 is 18.2 Å². The predicted molar refractivity (Wildman–Crippen MR) is 143 cm³/mol. The molecule has 0 radical (unpaired) electrons. The fourth-order valence-electron chi connectivity index (χ4n) is 3.54. The molecule has 38 heavy (non-hydrogen) atoms. The maximum Gasteiger partial charge on any atom is 0.433 e. The van der Waals surface area contributed by atoms with Gasteiger partial charge in [-0.25, -0.2) is 9.59 Å². The summed E-state index contributed by atoms with van der Waals surface area (Å²) in [6.07, 6.45) is 2.66. The number of nitrogens with two attached hydrogens (primary N) is 1. The van der Waals surface area contributed by atoms with Crippen LogP contribution >= 0.6 is 0 Å². The molecular weight excluding hydrogens is 494 g/mol. The Bertz CT molecular complexity index is 967. The zero-order valence-corrected chi connectivity index (χ0v) is 22.3. The van der Waals surface area contributed by atoms with Crippen LogP contribution in [0.15, 0.2) is 29.4 Å². The molecule has 1 aromatic rings. The van der Waals surface area contributed by atoms with Crippen molar-refractivity contribution in [2.75, 3.05) is 51.8 Å². The number of esters is 1. The minimum atomic E-state index is -0.709. The van der Waals surface area contributed by atoms with Gasteiger partial charge in [-0.2, -0.15) is 0 Å². The van der Waals surface area contributed by atoms with E-state index in [-0.39, 0.29) is 30.7 Å². The Labute approximate surface area is 223 Å². The van der Waals surface area contributed by atoms with Gasteiger partial charge in [-0.05, 0) is 51.2 Å². The number of urea groups is 1.